The van der Waals surface area contributed by atoms with Gasteiger partial charge in [-0.2, -0.15) is 5.10 Å². The van der Waals surface area contributed by atoms with Crippen molar-refractivity contribution in [3.05, 3.63) is 43.5 Å². The highest BCUT2D eigenvalue weighted by molar-refractivity contribution is 5.26. The number of anilines is 1. The van der Waals surface area contributed by atoms with Gasteiger partial charge in [-0.15, -0.1) is 6.58 Å². The Kier molecular flexibility index (Phi) is 3.96. The van der Waals surface area contributed by atoms with E-state index in [2.05, 4.69) is 26.5 Å². The van der Waals surface area contributed by atoms with Gasteiger partial charge in [-0.05, 0) is 12.5 Å². The molecule has 0 aliphatic rings. The van der Waals surface area contributed by atoms with E-state index in [0.29, 0.717) is 0 Å². The van der Waals surface area contributed by atoms with Crippen LogP contribution in [0.1, 0.15) is 6.42 Å². The van der Waals surface area contributed by atoms with Gasteiger partial charge in [-0.1, -0.05) is 6.08 Å². The van der Waals surface area contributed by atoms with Gasteiger partial charge in [0, 0.05) is 44.4 Å². The fourth-order valence-corrected chi connectivity index (χ4v) is 1.66. The third-order valence-electron chi connectivity index (χ3n) is 2.47. The van der Waals surface area contributed by atoms with Crippen molar-refractivity contribution in [2.45, 2.75) is 19.5 Å². The van der Waals surface area contributed by atoms with Crippen LogP contribution in [0.15, 0.2) is 43.5 Å². The van der Waals surface area contributed by atoms with E-state index in [1.807, 2.05) is 29.2 Å². The van der Waals surface area contributed by atoms with E-state index < -0.39 is 0 Å². The molecule has 0 aliphatic carbocycles. The minimum atomic E-state index is 0.732. The molecule has 17 heavy (non-hydrogen) atoms. The van der Waals surface area contributed by atoms with Crippen LogP contribution in [0, 0.1) is 0 Å². The molecular formula is C12H17N5. The summed E-state index contributed by atoms with van der Waals surface area (Å²) < 4.78 is 4.04. The molecule has 0 aromatic carbocycles. The fraction of sp³-hybridized carbons (Fsp3) is 0.333. The Balaban J connectivity index is 1.82. The summed E-state index contributed by atoms with van der Waals surface area (Å²) in [6.07, 6.45) is 10.4. The molecule has 0 bridgehead atoms. The maximum Gasteiger partial charge on any atom is 0.203 e. The molecule has 2 rings (SSSR count). The van der Waals surface area contributed by atoms with Gasteiger partial charge in [0.05, 0.1) is 0 Å². The fourth-order valence-electron chi connectivity index (χ4n) is 1.66. The summed E-state index contributed by atoms with van der Waals surface area (Å²) in [6, 6.07) is 1.94. The Bertz CT molecular complexity index is 443. The van der Waals surface area contributed by atoms with Gasteiger partial charge in [0.25, 0.3) is 0 Å². The monoisotopic (exact) mass is 231 g/mol. The number of nitrogens with zero attached hydrogens (tertiary/aromatic N) is 4. The molecule has 0 unspecified atom stereocenters. The summed E-state index contributed by atoms with van der Waals surface area (Å²) in [5.74, 6) is 0.894. The van der Waals surface area contributed by atoms with Crippen LogP contribution in [0.4, 0.5) is 5.95 Å². The predicted octanol–water partition coefficient (Wildman–Crippen LogP) is 1.77. The van der Waals surface area contributed by atoms with Crippen molar-refractivity contribution in [1.82, 2.24) is 19.3 Å². The number of hydrogen-bond donors (Lipinski definition) is 1. The number of hydrogen-bond acceptors (Lipinski definition) is 3. The van der Waals surface area contributed by atoms with Crippen molar-refractivity contribution in [1.29, 1.82) is 0 Å². The lowest BCUT2D eigenvalue weighted by atomic mass is 10.4. The Labute approximate surface area is 101 Å². The molecule has 90 valence electrons. The summed E-state index contributed by atoms with van der Waals surface area (Å²) in [5, 5.41) is 7.37. The first-order valence-electron chi connectivity index (χ1n) is 5.73. The largest absolute Gasteiger partial charge is 0.352 e. The van der Waals surface area contributed by atoms with Crippen LogP contribution in [-0.2, 0) is 13.1 Å². The van der Waals surface area contributed by atoms with Crippen LogP contribution in [0.3, 0.4) is 0 Å². The normalized spacial score (nSPS) is 10.4. The minimum absolute atomic E-state index is 0.732. The number of nitrogens with one attached hydrogen (secondary N) is 1. The van der Waals surface area contributed by atoms with Crippen LogP contribution in [0.2, 0.25) is 0 Å². The van der Waals surface area contributed by atoms with Gasteiger partial charge in [0.1, 0.15) is 0 Å². The highest BCUT2D eigenvalue weighted by Gasteiger charge is 2.00. The molecule has 1 N–H and O–H groups in total. The van der Waals surface area contributed by atoms with E-state index >= 15 is 0 Å². The van der Waals surface area contributed by atoms with Crippen molar-refractivity contribution in [3.63, 3.8) is 0 Å². The summed E-state index contributed by atoms with van der Waals surface area (Å²) in [5.41, 5.74) is 0. The smallest absolute Gasteiger partial charge is 0.203 e. The molecule has 0 aliphatic heterocycles. The first-order valence-corrected chi connectivity index (χ1v) is 5.73. The third kappa shape index (κ3) is 3.21. The Morgan fingerprint density at radius 3 is 3.00 bits per heavy atom. The van der Waals surface area contributed by atoms with Gasteiger partial charge in [0.15, 0.2) is 0 Å². The van der Waals surface area contributed by atoms with E-state index in [1.54, 1.807) is 12.4 Å². The molecule has 5 heteroatoms. The zero-order valence-electron chi connectivity index (χ0n) is 9.79. The molecule has 0 amide bonds. The van der Waals surface area contributed by atoms with Crippen molar-refractivity contribution < 1.29 is 0 Å². The van der Waals surface area contributed by atoms with E-state index in [0.717, 1.165) is 32.0 Å². The zero-order valence-corrected chi connectivity index (χ0v) is 9.79. The first kappa shape index (κ1) is 11.4. The lowest BCUT2D eigenvalue weighted by molar-refractivity contribution is 0.529. The number of rotatable bonds is 7. The van der Waals surface area contributed by atoms with Crippen molar-refractivity contribution in [2.75, 3.05) is 11.9 Å². The van der Waals surface area contributed by atoms with Gasteiger partial charge in [0.2, 0.25) is 5.95 Å². The maximum atomic E-state index is 4.25. The van der Waals surface area contributed by atoms with Gasteiger partial charge in [-0.25, -0.2) is 4.98 Å². The Morgan fingerprint density at radius 1 is 1.29 bits per heavy atom. The highest BCUT2D eigenvalue weighted by Crippen LogP contribution is 2.05. The molecule has 0 spiro atoms. The summed E-state index contributed by atoms with van der Waals surface area (Å²) in [6.45, 7) is 6.26. The van der Waals surface area contributed by atoms with Crippen molar-refractivity contribution in [3.8, 4) is 0 Å². The molecular weight excluding hydrogens is 214 g/mol. The number of aromatic nitrogens is 4. The number of imidazole rings is 1. The second-order valence-corrected chi connectivity index (χ2v) is 3.74. The molecule has 2 aromatic heterocycles. The summed E-state index contributed by atoms with van der Waals surface area (Å²) in [7, 11) is 0. The SMILES string of the molecule is C=CCNc1nccn1CCCn1cccn1. The van der Waals surface area contributed by atoms with Crippen LogP contribution >= 0.6 is 0 Å². The van der Waals surface area contributed by atoms with E-state index in [-0.39, 0.29) is 0 Å². The van der Waals surface area contributed by atoms with Gasteiger partial charge >= 0.3 is 0 Å². The third-order valence-corrected chi connectivity index (χ3v) is 2.47. The van der Waals surface area contributed by atoms with Crippen molar-refractivity contribution in [2.24, 2.45) is 0 Å². The van der Waals surface area contributed by atoms with Crippen LogP contribution in [0.5, 0.6) is 0 Å². The second-order valence-electron chi connectivity index (χ2n) is 3.74. The van der Waals surface area contributed by atoms with Crippen molar-refractivity contribution >= 4 is 5.95 Å². The average Bonchev–Trinajstić information content (AvgIpc) is 2.98. The molecule has 0 radical (unpaired) electrons. The lowest BCUT2D eigenvalue weighted by Gasteiger charge is -2.08. The molecule has 0 fully saturated rings. The second kappa shape index (κ2) is 5.89. The molecule has 0 saturated carbocycles. The molecule has 0 saturated heterocycles. The molecule has 2 aromatic rings. The van der Waals surface area contributed by atoms with E-state index in [9.17, 15) is 0 Å². The lowest BCUT2D eigenvalue weighted by Crippen LogP contribution is -2.09. The zero-order chi connectivity index (χ0) is 11.9. The first-order chi connectivity index (χ1) is 8.40. The molecule has 0 atom stereocenters. The number of aryl methyl sites for hydroxylation is 2. The quantitative estimate of drug-likeness (QED) is 0.739. The van der Waals surface area contributed by atoms with Crippen LogP contribution in [-0.4, -0.2) is 25.9 Å². The Hall–Kier alpha value is -2.04. The van der Waals surface area contributed by atoms with Gasteiger partial charge < -0.3 is 9.88 Å². The predicted molar refractivity (Wildman–Crippen MR) is 67.8 cm³/mol. The average molecular weight is 231 g/mol. The Morgan fingerprint density at radius 2 is 2.24 bits per heavy atom. The van der Waals surface area contributed by atoms with Crippen LogP contribution < -0.4 is 5.32 Å². The van der Waals surface area contributed by atoms with E-state index in [1.165, 1.54) is 0 Å². The van der Waals surface area contributed by atoms with Crippen LogP contribution in [0.25, 0.3) is 0 Å². The summed E-state index contributed by atoms with van der Waals surface area (Å²) in [4.78, 5) is 4.25. The topological polar surface area (TPSA) is 47.7 Å². The molecule has 2 heterocycles. The summed E-state index contributed by atoms with van der Waals surface area (Å²) >= 11 is 0. The standard InChI is InChI=1S/C12H17N5/c1-2-5-13-12-14-7-11-16(12)8-4-10-17-9-3-6-15-17/h2-3,6-7,9,11H,1,4-5,8,10H2,(H,13,14). The van der Waals surface area contributed by atoms with E-state index in [4.69, 9.17) is 0 Å². The minimum Gasteiger partial charge on any atom is -0.352 e. The molecule has 5 nitrogen and oxygen atoms in total. The highest BCUT2D eigenvalue weighted by atomic mass is 15.3. The maximum absolute atomic E-state index is 4.25. The van der Waals surface area contributed by atoms with Gasteiger partial charge in [-0.3, -0.25) is 4.68 Å².